The van der Waals surface area contributed by atoms with Gasteiger partial charge in [-0.25, -0.2) is 9.48 Å². The van der Waals surface area contributed by atoms with Crippen molar-refractivity contribution in [1.82, 2.24) is 9.36 Å². The first kappa shape index (κ1) is 9.97. The lowest BCUT2D eigenvalue weighted by atomic mass is 10.2. The van der Waals surface area contributed by atoms with Crippen LogP contribution < -0.4 is 5.56 Å². The summed E-state index contributed by atoms with van der Waals surface area (Å²) in [6.07, 6.45) is -1.18. The second-order valence-electron chi connectivity index (χ2n) is 3.08. The van der Waals surface area contributed by atoms with E-state index in [2.05, 4.69) is 15.9 Å². The van der Waals surface area contributed by atoms with Gasteiger partial charge >= 0.3 is 6.09 Å². The van der Waals surface area contributed by atoms with Crippen molar-refractivity contribution < 1.29 is 9.90 Å². The Labute approximate surface area is 92.6 Å². The predicted molar refractivity (Wildman–Crippen MR) is 58.3 cm³/mol. The van der Waals surface area contributed by atoms with Crippen molar-refractivity contribution in [3.8, 4) is 0 Å². The molecule has 15 heavy (non-hydrogen) atoms. The molecule has 0 atom stereocenters. The fraction of sp³-hybridized carbons (Fsp3) is 0.111. The van der Waals surface area contributed by atoms with Gasteiger partial charge in [-0.3, -0.25) is 4.79 Å². The predicted octanol–water partition coefficient (Wildman–Crippen LogP) is 1.63. The molecule has 0 amide bonds. The number of halogens is 1. The first-order valence-electron chi connectivity index (χ1n) is 4.13. The molecule has 1 aromatic heterocycles. The smallest absolute Gasteiger partial charge is 0.431 e. The van der Waals surface area contributed by atoms with Gasteiger partial charge in [-0.05, 0) is 18.2 Å². The minimum atomic E-state index is -1.18. The molecule has 6 heteroatoms. The summed E-state index contributed by atoms with van der Waals surface area (Å²) in [5.74, 6) is 0. The van der Waals surface area contributed by atoms with Crippen molar-refractivity contribution in [1.29, 1.82) is 0 Å². The highest BCUT2D eigenvalue weighted by molar-refractivity contribution is 9.10. The molecule has 0 spiro atoms. The van der Waals surface area contributed by atoms with Crippen molar-refractivity contribution in [3.63, 3.8) is 0 Å². The van der Waals surface area contributed by atoms with E-state index >= 15 is 0 Å². The third-order valence-corrected chi connectivity index (χ3v) is 2.69. The Balaban J connectivity index is 3.02. The molecule has 1 aromatic carbocycles. The lowest BCUT2D eigenvalue weighted by Crippen LogP contribution is -2.23. The molecular weight excluding hydrogens is 264 g/mol. The van der Waals surface area contributed by atoms with Gasteiger partial charge in [0, 0.05) is 11.5 Å². The molecule has 1 N–H and O–H groups in total. The van der Waals surface area contributed by atoms with Crippen LogP contribution in [-0.4, -0.2) is 20.6 Å². The lowest BCUT2D eigenvalue weighted by Gasteiger charge is -2.01. The monoisotopic (exact) mass is 270 g/mol. The van der Waals surface area contributed by atoms with Crippen LogP contribution in [0.5, 0.6) is 0 Å². The number of aromatic nitrogens is 2. The SMILES string of the molecule is Cn1c(=O)c2ccc(Br)cc2n1C(=O)O. The third kappa shape index (κ3) is 1.37. The van der Waals surface area contributed by atoms with Crippen LogP contribution in [0.25, 0.3) is 10.9 Å². The number of rotatable bonds is 0. The standard InChI is InChI=1S/C9H7BrN2O3/c1-11-8(13)6-3-2-5(10)4-7(6)12(11)9(14)15/h2-4H,1H3,(H,14,15). The average molecular weight is 271 g/mol. The molecule has 2 rings (SSSR count). The molecule has 5 nitrogen and oxygen atoms in total. The quantitative estimate of drug-likeness (QED) is 0.792. The molecular formula is C9H7BrN2O3. The van der Waals surface area contributed by atoms with Crippen LogP contribution in [0.4, 0.5) is 4.79 Å². The van der Waals surface area contributed by atoms with E-state index in [-0.39, 0.29) is 5.56 Å². The summed E-state index contributed by atoms with van der Waals surface area (Å²) in [5.41, 5.74) is 0.0595. The average Bonchev–Trinajstić information content (AvgIpc) is 2.39. The van der Waals surface area contributed by atoms with Gasteiger partial charge in [-0.1, -0.05) is 15.9 Å². The van der Waals surface area contributed by atoms with Gasteiger partial charge in [0.25, 0.3) is 5.56 Å². The number of fused-ring (bicyclic) bond motifs is 1. The third-order valence-electron chi connectivity index (χ3n) is 2.19. The van der Waals surface area contributed by atoms with Crippen LogP contribution in [0, 0.1) is 0 Å². The van der Waals surface area contributed by atoms with E-state index in [1.54, 1.807) is 18.2 Å². The minimum absolute atomic E-state index is 0.320. The first-order valence-corrected chi connectivity index (χ1v) is 4.92. The molecule has 0 bridgehead atoms. The van der Waals surface area contributed by atoms with Crippen LogP contribution in [0.1, 0.15) is 0 Å². The van der Waals surface area contributed by atoms with Crippen LogP contribution in [0.15, 0.2) is 27.5 Å². The van der Waals surface area contributed by atoms with Gasteiger partial charge in [0.2, 0.25) is 0 Å². The lowest BCUT2D eigenvalue weighted by molar-refractivity contribution is 0.190. The van der Waals surface area contributed by atoms with Crippen LogP contribution in [0.3, 0.4) is 0 Å². The van der Waals surface area contributed by atoms with E-state index < -0.39 is 6.09 Å². The zero-order chi connectivity index (χ0) is 11.2. The van der Waals surface area contributed by atoms with E-state index in [0.717, 1.165) is 13.8 Å². The van der Waals surface area contributed by atoms with Crippen LogP contribution in [-0.2, 0) is 7.05 Å². The van der Waals surface area contributed by atoms with Crippen molar-refractivity contribution in [2.45, 2.75) is 0 Å². The van der Waals surface area contributed by atoms with Crippen molar-refractivity contribution in [3.05, 3.63) is 33.0 Å². The molecule has 0 aliphatic carbocycles. The topological polar surface area (TPSA) is 64.2 Å². The Hall–Kier alpha value is -1.56. The summed E-state index contributed by atoms with van der Waals surface area (Å²) in [6.45, 7) is 0. The van der Waals surface area contributed by atoms with Gasteiger partial charge in [0.1, 0.15) is 0 Å². The van der Waals surface area contributed by atoms with Gasteiger partial charge in [0.05, 0.1) is 10.9 Å². The van der Waals surface area contributed by atoms with E-state index in [9.17, 15) is 9.59 Å². The number of carboxylic acid groups (broad SMARTS) is 1. The maximum atomic E-state index is 11.6. The largest absolute Gasteiger partial charge is 0.463 e. The van der Waals surface area contributed by atoms with Crippen LogP contribution >= 0.6 is 15.9 Å². The molecule has 0 saturated heterocycles. The van der Waals surface area contributed by atoms with Gasteiger partial charge < -0.3 is 5.11 Å². The highest BCUT2D eigenvalue weighted by Crippen LogP contribution is 2.17. The maximum Gasteiger partial charge on any atom is 0.431 e. The summed E-state index contributed by atoms with van der Waals surface area (Å²) in [7, 11) is 1.42. The first-order chi connectivity index (χ1) is 7.02. The number of carbonyl (C=O) groups is 1. The van der Waals surface area contributed by atoms with Crippen molar-refractivity contribution in [2.24, 2.45) is 7.05 Å². The van der Waals surface area contributed by atoms with Gasteiger partial charge in [0.15, 0.2) is 0 Å². The van der Waals surface area contributed by atoms with E-state index in [1.807, 2.05) is 0 Å². The number of benzene rings is 1. The summed E-state index contributed by atoms with van der Waals surface area (Å²) in [4.78, 5) is 22.6. The number of hydrogen-bond acceptors (Lipinski definition) is 2. The van der Waals surface area contributed by atoms with E-state index in [0.29, 0.717) is 10.9 Å². The van der Waals surface area contributed by atoms with E-state index in [1.165, 1.54) is 7.05 Å². The summed E-state index contributed by atoms with van der Waals surface area (Å²) >= 11 is 3.23. The highest BCUT2D eigenvalue weighted by Gasteiger charge is 2.14. The summed E-state index contributed by atoms with van der Waals surface area (Å²) < 4.78 is 2.72. The molecule has 0 fully saturated rings. The molecule has 0 aliphatic rings. The Kier molecular flexibility index (Phi) is 2.15. The molecule has 0 unspecified atom stereocenters. The molecule has 1 heterocycles. The fourth-order valence-electron chi connectivity index (χ4n) is 1.52. The number of hydrogen-bond donors (Lipinski definition) is 1. The van der Waals surface area contributed by atoms with Crippen molar-refractivity contribution in [2.75, 3.05) is 0 Å². The Morgan fingerprint density at radius 1 is 1.47 bits per heavy atom. The molecule has 78 valence electrons. The Morgan fingerprint density at radius 2 is 2.13 bits per heavy atom. The zero-order valence-electron chi connectivity index (χ0n) is 7.77. The molecule has 0 aliphatic heterocycles. The minimum Gasteiger partial charge on any atom is -0.463 e. The van der Waals surface area contributed by atoms with Gasteiger partial charge in [-0.2, -0.15) is 4.68 Å². The van der Waals surface area contributed by atoms with E-state index in [4.69, 9.17) is 5.11 Å². The molecule has 2 aromatic rings. The zero-order valence-corrected chi connectivity index (χ0v) is 9.35. The van der Waals surface area contributed by atoms with Gasteiger partial charge in [-0.15, -0.1) is 0 Å². The molecule has 0 saturated carbocycles. The Bertz CT molecular complexity index is 612. The Morgan fingerprint density at radius 3 is 2.73 bits per heavy atom. The normalized spacial score (nSPS) is 10.8. The highest BCUT2D eigenvalue weighted by atomic mass is 79.9. The maximum absolute atomic E-state index is 11.6. The second-order valence-corrected chi connectivity index (χ2v) is 4.00. The van der Waals surface area contributed by atoms with Crippen molar-refractivity contribution >= 4 is 32.9 Å². The fourth-order valence-corrected chi connectivity index (χ4v) is 1.87. The summed E-state index contributed by atoms with van der Waals surface area (Å²) in [6, 6.07) is 4.90. The molecule has 0 radical (unpaired) electrons. The second kappa shape index (κ2) is 3.23. The summed E-state index contributed by atoms with van der Waals surface area (Å²) in [5, 5.41) is 9.35. The van der Waals surface area contributed by atoms with Crippen LogP contribution in [0.2, 0.25) is 0 Å². The number of nitrogens with zero attached hydrogens (tertiary/aromatic N) is 2.